The Labute approximate surface area is 97.6 Å². The predicted molar refractivity (Wildman–Crippen MR) is 63.9 cm³/mol. The van der Waals surface area contributed by atoms with Crippen LogP contribution in [0.4, 0.5) is 0 Å². The van der Waals surface area contributed by atoms with Crippen molar-refractivity contribution in [3.8, 4) is 0 Å². The summed E-state index contributed by atoms with van der Waals surface area (Å²) in [7, 11) is 0. The first-order valence-corrected chi connectivity index (χ1v) is 6.31. The molecule has 0 spiro atoms. The number of carbonyl (C=O) groups excluding carboxylic acids is 1. The van der Waals surface area contributed by atoms with Crippen molar-refractivity contribution < 1.29 is 9.90 Å². The second-order valence-electron chi connectivity index (χ2n) is 4.87. The van der Waals surface area contributed by atoms with Gasteiger partial charge in [-0.2, -0.15) is 0 Å². The minimum atomic E-state index is -0.666. The minimum absolute atomic E-state index is 0.00956. The third-order valence-electron chi connectivity index (χ3n) is 3.42. The Kier molecular flexibility index (Phi) is 5.22. The van der Waals surface area contributed by atoms with E-state index in [1.165, 1.54) is 0 Å². The Morgan fingerprint density at radius 1 is 1.50 bits per heavy atom. The summed E-state index contributed by atoms with van der Waals surface area (Å²) >= 11 is 0. The summed E-state index contributed by atoms with van der Waals surface area (Å²) in [5.74, 6) is -0.111. The molecule has 0 radical (unpaired) electrons. The number of rotatable bonds is 6. The van der Waals surface area contributed by atoms with E-state index in [9.17, 15) is 9.90 Å². The molecule has 1 atom stereocenters. The molecule has 1 aliphatic carbocycles. The van der Waals surface area contributed by atoms with Crippen molar-refractivity contribution in [2.24, 2.45) is 11.7 Å². The molecular formula is C12H24N2O2. The van der Waals surface area contributed by atoms with E-state index < -0.39 is 5.60 Å². The van der Waals surface area contributed by atoms with Crippen LogP contribution in [0.15, 0.2) is 0 Å². The highest BCUT2D eigenvalue weighted by atomic mass is 16.3. The standard InChI is InChI=1S/C12H24N2O2/c1-2-5-10(8-13)11(15)14-9-12(16)6-3-4-7-12/h10,16H,2-9,13H2,1H3,(H,14,15). The van der Waals surface area contributed by atoms with Crippen LogP contribution in [0.2, 0.25) is 0 Å². The largest absolute Gasteiger partial charge is 0.388 e. The van der Waals surface area contributed by atoms with Gasteiger partial charge in [0.1, 0.15) is 0 Å². The minimum Gasteiger partial charge on any atom is -0.388 e. The second kappa shape index (κ2) is 6.21. The van der Waals surface area contributed by atoms with Crippen molar-refractivity contribution in [1.82, 2.24) is 5.32 Å². The third kappa shape index (κ3) is 3.76. The van der Waals surface area contributed by atoms with Crippen LogP contribution in [0.5, 0.6) is 0 Å². The maximum Gasteiger partial charge on any atom is 0.224 e. The first-order chi connectivity index (χ1) is 7.61. The SMILES string of the molecule is CCCC(CN)C(=O)NCC1(O)CCCC1. The molecule has 1 amide bonds. The summed E-state index contributed by atoms with van der Waals surface area (Å²) in [6.07, 6.45) is 5.49. The first-order valence-electron chi connectivity index (χ1n) is 6.31. The van der Waals surface area contributed by atoms with E-state index in [4.69, 9.17) is 5.73 Å². The number of hydrogen-bond acceptors (Lipinski definition) is 3. The molecule has 4 N–H and O–H groups in total. The van der Waals surface area contributed by atoms with E-state index in [1.54, 1.807) is 0 Å². The van der Waals surface area contributed by atoms with Crippen LogP contribution in [0.1, 0.15) is 45.4 Å². The van der Waals surface area contributed by atoms with Gasteiger partial charge in [0, 0.05) is 13.1 Å². The van der Waals surface area contributed by atoms with Crippen molar-refractivity contribution >= 4 is 5.91 Å². The zero-order chi connectivity index (χ0) is 12.0. The molecule has 0 aromatic rings. The quantitative estimate of drug-likeness (QED) is 0.629. The van der Waals surface area contributed by atoms with Crippen molar-refractivity contribution in [2.45, 2.75) is 51.0 Å². The lowest BCUT2D eigenvalue weighted by Gasteiger charge is -2.24. The van der Waals surface area contributed by atoms with Gasteiger partial charge in [-0.25, -0.2) is 0 Å². The number of hydrogen-bond donors (Lipinski definition) is 3. The molecule has 1 aliphatic rings. The fourth-order valence-electron chi connectivity index (χ4n) is 2.31. The third-order valence-corrected chi connectivity index (χ3v) is 3.42. The van der Waals surface area contributed by atoms with E-state index >= 15 is 0 Å². The van der Waals surface area contributed by atoms with Gasteiger partial charge in [-0.15, -0.1) is 0 Å². The van der Waals surface area contributed by atoms with Crippen LogP contribution >= 0.6 is 0 Å². The highest BCUT2D eigenvalue weighted by Gasteiger charge is 2.31. The molecule has 16 heavy (non-hydrogen) atoms. The predicted octanol–water partition coefficient (Wildman–Crippen LogP) is 0.783. The van der Waals surface area contributed by atoms with Gasteiger partial charge in [0.2, 0.25) is 5.91 Å². The number of amides is 1. The van der Waals surface area contributed by atoms with Gasteiger partial charge in [0.15, 0.2) is 0 Å². The van der Waals surface area contributed by atoms with Crippen molar-refractivity contribution in [3.63, 3.8) is 0 Å². The molecule has 0 heterocycles. The van der Waals surface area contributed by atoms with Gasteiger partial charge in [-0.1, -0.05) is 26.2 Å². The topological polar surface area (TPSA) is 75.4 Å². The average molecular weight is 228 g/mol. The van der Waals surface area contributed by atoms with E-state index in [1.807, 2.05) is 6.92 Å². The van der Waals surface area contributed by atoms with Crippen LogP contribution in [0.25, 0.3) is 0 Å². The maximum absolute atomic E-state index is 11.8. The lowest BCUT2D eigenvalue weighted by molar-refractivity contribution is -0.126. The maximum atomic E-state index is 11.8. The lowest BCUT2D eigenvalue weighted by atomic mass is 10.00. The highest BCUT2D eigenvalue weighted by Crippen LogP contribution is 2.28. The van der Waals surface area contributed by atoms with Crippen molar-refractivity contribution in [2.75, 3.05) is 13.1 Å². The first kappa shape index (κ1) is 13.5. The van der Waals surface area contributed by atoms with E-state index in [0.29, 0.717) is 13.1 Å². The van der Waals surface area contributed by atoms with Gasteiger partial charge >= 0.3 is 0 Å². The zero-order valence-electron chi connectivity index (χ0n) is 10.2. The monoisotopic (exact) mass is 228 g/mol. The summed E-state index contributed by atoms with van der Waals surface area (Å²) in [4.78, 5) is 11.8. The normalized spacial score (nSPS) is 20.7. The van der Waals surface area contributed by atoms with Gasteiger partial charge in [-0.05, 0) is 19.3 Å². The molecule has 0 saturated heterocycles. The van der Waals surface area contributed by atoms with Gasteiger partial charge in [0.25, 0.3) is 0 Å². The second-order valence-corrected chi connectivity index (χ2v) is 4.87. The summed E-state index contributed by atoms with van der Waals surface area (Å²) < 4.78 is 0. The molecule has 1 saturated carbocycles. The molecule has 94 valence electrons. The van der Waals surface area contributed by atoms with Crippen molar-refractivity contribution in [1.29, 1.82) is 0 Å². The van der Waals surface area contributed by atoms with Crippen LogP contribution < -0.4 is 11.1 Å². The summed E-state index contributed by atoms with van der Waals surface area (Å²) in [6, 6.07) is 0. The number of aliphatic hydroxyl groups is 1. The molecule has 4 heteroatoms. The van der Waals surface area contributed by atoms with Crippen LogP contribution in [-0.2, 0) is 4.79 Å². The molecule has 0 aromatic carbocycles. The molecule has 1 rings (SSSR count). The number of nitrogens with two attached hydrogens (primary N) is 1. The lowest BCUT2D eigenvalue weighted by Crippen LogP contribution is -2.44. The van der Waals surface area contributed by atoms with Gasteiger partial charge < -0.3 is 16.2 Å². The molecule has 1 unspecified atom stereocenters. The number of nitrogens with one attached hydrogen (secondary N) is 1. The molecule has 0 aliphatic heterocycles. The summed E-state index contributed by atoms with van der Waals surface area (Å²) in [5, 5.41) is 12.9. The molecule has 1 fully saturated rings. The molecule has 0 bridgehead atoms. The number of carbonyl (C=O) groups is 1. The fraction of sp³-hybridized carbons (Fsp3) is 0.917. The zero-order valence-corrected chi connectivity index (χ0v) is 10.2. The fourth-order valence-corrected chi connectivity index (χ4v) is 2.31. The Morgan fingerprint density at radius 3 is 2.62 bits per heavy atom. The van der Waals surface area contributed by atoms with E-state index in [-0.39, 0.29) is 11.8 Å². The van der Waals surface area contributed by atoms with Crippen LogP contribution in [0.3, 0.4) is 0 Å². The average Bonchev–Trinajstić information content (AvgIpc) is 2.70. The van der Waals surface area contributed by atoms with Gasteiger partial charge in [-0.3, -0.25) is 4.79 Å². The summed E-state index contributed by atoms with van der Waals surface area (Å²) in [6.45, 7) is 2.81. The van der Waals surface area contributed by atoms with Crippen molar-refractivity contribution in [3.05, 3.63) is 0 Å². The van der Waals surface area contributed by atoms with Crippen LogP contribution in [0, 0.1) is 5.92 Å². The smallest absolute Gasteiger partial charge is 0.224 e. The molecule has 0 aromatic heterocycles. The molecule has 4 nitrogen and oxygen atoms in total. The Hall–Kier alpha value is -0.610. The Balaban J connectivity index is 2.33. The highest BCUT2D eigenvalue weighted by molar-refractivity contribution is 5.78. The van der Waals surface area contributed by atoms with E-state index in [2.05, 4.69) is 5.32 Å². The Bertz CT molecular complexity index is 225. The Morgan fingerprint density at radius 2 is 2.12 bits per heavy atom. The van der Waals surface area contributed by atoms with E-state index in [0.717, 1.165) is 38.5 Å². The van der Waals surface area contributed by atoms with Crippen LogP contribution in [-0.4, -0.2) is 29.7 Å². The van der Waals surface area contributed by atoms with Gasteiger partial charge in [0.05, 0.1) is 11.5 Å². The molecular weight excluding hydrogens is 204 g/mol. The summed E-state index contributed by atoms with van der Waals surface area (Å²) in [5.41, 5.74) is 4.89.